The molecule has 32 heavy (non-hydrogen) atoms. The number of benzene rings is 1. The quantitative estimate of drug-likeness (QED) is 0.524. The molecule has 1 amide bonds. The van der Waals surface area contributed by atoms with Gasteiger partial charge in [0.05, 0.1) is 17.1 Å². The van der Waals surface area contributed by atoms with E-state index < -0.39 is 0 Å². The van der Waals surface area contributed by atoms with Gasteiger partial charge in [0.2, 0.25) is 5.95 Å². The summed E-state index contributed by atoms with van der Waals surface area (Å²) in [6.07, 6.45) is 8.48. The molecule has 1 fully saturated rings. The lowest BCUT2D eigenvalue weighted by Gasteiger charge is -2.32. The number of aromatic amines is 1. The molecule has 3 aromatic heterocycles. The summed E-state index contributed by atoms with van der Waals surface area (Å²) in [5, 5.41) is 6.66. The number of hydrogen-bond donors (Lipinski definition) is 1. The Morgan fingerprint density at radius 2 is 2.00 bits per heavy atom. The molecule has 0 saturated carbocycles. The molecule has 0 spiro atoms. The number of carbonyl (C=O) groups excluding carboxylic acids is 1. The van der Waals surface area contributed by atoms with Crippen molar-refractivity contribution in [3.05, 3.63) is 81.2 Å². The van der Waals surface area contributed by atoms with E-state index in [0.717, 1.165) is 32.4 Å². The number of aromatic nitrogens is 4. The Morgan fingerprint density at radius 3 is 2.88 bits per heavy atom. The summed E-state index contributed by atoms with van der Waals surface area (Å²) in [5.74, 6) is 0.779. The van der Waals surface area contributed by atoms with Crippen molar-refractivity contribution in [2.45, 2.75) is 19.3 Å². The fraction of sp³-hybridized carbons (Fsp3) is 0.250. The maximum Gasteiger partial charge on any atom is 0.261 e. The van der Waals surface area contributed by atoms with E-state index in [2.05, 4.69) is 45.4 Å². The van der Waals surface area contributed by atoms with E-state index in [0.29, 0.717) is 27.6 Å². The van der Waals surface area contributed by atoms with Gasteiger partial charge in [0.15, 0.2) is 0 Å². The fourth-order valence-corrected chi connectivity index (χ4v) is 5.54. The van der Waals surface area contributed by atoms with Crippen LogP contribution < -0.4 is 5.56 Å². The Balaban J connectivity index is 1.16. The van der Waals surface area contributed by atoms with E-state index in [-0.39, 0.29) is 11.5 Å². The number of nitrogens with one attached hydrogen (secondary N) is 1. The third-order valence-electron chi connectivity index (χ3n) is 6.46. The van der Waals surface area contributed by atoms with Gasteiger partial charge in [-0.25, -0.2) is 9.67 Å². The molecule has 0 atom stereocenters. The molecular formula is C24H21N5O2S. The average Bonchev–Trinajstić information content (AvgIpc) is 3.58. The molecule has 0 unspecified atom stereocenters. The minimum absolute atomic E-state index is 0.0324. The molecule has 1 aromatic carbocycles. The molecule has 1 N–H and O–H groups in total. The van der Waals surface area contributed by atoms with Gasteiger partial charge in [-0.05, 0) is 53.3 Å². The normalized spacial score (nSPS) is 16.4. The number of carbonyl (C=O) groups is 1. The molecule has 0 bridgehead atoms. The second-order valence-electron chi connectivity index (χ2n) is 8.29. The lowest BCUT2D eigenvalue weighted by molar-refractivity contribution is 0.0708. The fourth-order valence-electron chi connectivity index (χ4n) is 4.78. The van der Waals surface area contributed by atoms with Crippen LogP contribution in [-0.4, -0.2) is 43.6 Å². The SMILES string of the molecule is O=C(c1cnn(-c2nc3sccc3c(=O)[nH]2)c1)N1CCC(C2=CCc3ccccc32)CC1. The largest absolute Gasteiger partial charge is 0.339 e. The van der Waals surface area contributed by atoms with E-state index in [9.17, 15) is 9.59 Å². The van der Waals surface area contributed by atoms with Crippen molar-refractivity contribution < 1.29 is 4.79 Å². The predicted octanol–water partition coefficient (Wildman–Crippen LogP) is 3.66. The van der Waals surface area contributed by atoms with Crippen LogP contribution in [0, 0.1) is 5.92 Å². The van der Waals surface area contributed by atoms with E-state index in [1.54, 1.807) is 18.5 Å². The summed E-state index contributed by atoms with van der Waals surface area (Å²) in [6, 6.07) is 10.4. The Hall–Kier alpha value is -3.52. The minimum atomic E-state index is -0.209. The summed E-state index contributed by atoms with van der Waals surface area (Å²) < 4.78 is 1.46. The number of fused-ring (bicyclic) bond motifs is 2. The number of thiophene rings is 1. The third kappa shape index (κ3) is 3.18. The molecule has 1 aliphatic heterocycles. The maximum absolute atomic E-state index is 13.1. The highest BCUT2D eigenvalue weighted by atomic mass is 32.1. The zero-order chi connectivity index (χ0) is 21.7. The molecular weight excluding hydrogens is 422 g/mol. The van der Waals surface area contributed by atoms with E-state index >= 15 is 0 Å². The van der Waals surface area contributed by atoms with Crippen LogP contribution in [0.25, 0.3) is 21.7 Å². The summed E-state index contributed by atoms with van der Waals surface area (Å²) in [7, 11) is 0. The van der Waals surface area contributed by atoms with Crippen molar-refractivity contribution in [1.82, 2.24) is 24.6 Å². The standard InChI is InChI=1S/C24H21N5O2S/c30-21-20-9-12-32-22(20)27-24(26-21)29-14-17(13-25-29)23(31)28-10-7-16(8-11-28)19-6-5-15-3-1-2-4-18(15)19/h1-4,6,9,12-14,16H,5,7-8,10-11H2,(H,26,27,30). The Labute approximate surface area is 188 Å². The van der Waals surface area contributed by atoms with Gasteiger partial charge in [0.25, 0.3) is 11.5 Å². The second-order valence-corrected chi connectivity index (χ2v) is 9.18. The van der Waals surface area contributed by atoms with Crippen LogP contribution in [0.5, 0.6) is 0 Å². The van der Waals surface area contributed by atoms with Gasteiger partial charge in [-0.2, -0.15) is 5.10 Å². The van der Waals surface area contributed by atoms with Gasteiger partial charge in [-0.15, -0.1) is 11.3 Å². The monoisotopic (exact) mass is 443 g/mol. The molecule has 6 rings (SSSR count). The van der Waals surface area contributed by atoms with E-state index in [4.69, 9.17) is 0 Å². The Kier molecular flexibility index (Phi) is 4.53. The number of H-pyrrole nitrogens is 1. The van der Waals surface area contributed by atoms with E-state index in [1.165, 1.54) is 32.7 Å². The summed E-state index contributed by atoms with van der Waals surface area (Å²) in [6.45, 7) is 1.45. The van der Waals surface area contributed by atoms with Crippen LogP contribution in [-0.2, 0) is 6.42 Å². The summed E-state index contributed by atoms with van der Waals surface area (Å²) in [5.41, 5.74) is 4.52. The number of amides is 1. The highest BCUT2D eigenvalue weighted by molar-refractivity contribution is 7.16. The first-order valence-electron chi connectivity index (χ1n) is 10.8. The van der Waals surface area contributed by atoms with Crippen molar-refractivity contribution in [3.8, 4) is 5.95 Å². The number of likely N-dealkylation sites (tertiary alicyclic amines) is 1. The molecule has 160 valence electrons. The highest BCUT2D eigenvalue weighted by Crippen LogP contribution is 2.37. The van der Waals surface area contributed by atoms with Crippen molar-refractivity contribution in [2.24, 2.45) is 5.92 Å². The van der Waals surface area contributed by atoms with Crippen LogP contribution >= 0.6 is 11.3 Å². The van der Waals surface area contributed by atoms with Crippen molar-refractivity contribution in [3.63, 3.8) is 0 Å². The first-order valence-corrected chi connectivity index (χ1v) is 11.7. The van der Waals surface area contributed by atoms with Crippen LogP contribution in [0.2, 0.25) is 0 Å². The van der Waals surface area contributed by atoms with Crippen molar-refractivity contribution in [2.75, 3.05) is 13.1 Å². The molecule has 0 radical (unpaired) electrons. The lowest BCUT2D eigenvalue weighted by Crippen LogP contribution is -2.38. The summed E-state index contributed by atoms with van der Waals surface area (Å²) in [4.78, 5) is 35.1. The van der Waals surface area contributed by atoms with Gasteiger partial charge in [0.1, 0.15) is 4.83 Å². The molecule has 8 heteroatoms. The number of rotatable bonds is 3. The second kappa shape index (κ2) is 7.56. The first-order chi connectivity index (χ1) is 15.7. The van der Waals surface area contributed by atoms with Crippen LogP contribution in [0.15, 0.2) is 59.0 Å². The van der Waals surface area contributed by atoms with Crippen LogP contribution in [0.1, 0.15) is 34.3 Å². The number of nitrogens with zero attached hydrogens (tertiary/aromatic N) is 4. The zero-order valence-corrected chi connectivity index (χ0v) is 18.1. The van der Waals surface area contributed by atoms with Crippen molar-refractivity contribution in [1.29, 1.82) is 0 Å². The topological polar surface area (TPSA) is 83.9 Å². The number of piperidine rings is 1. The molecule has 1 aliphatic carbocycles. The highest BCUT2D eigenvalue weighted by Gasteiger charge is 2.29. The van der Waals surface area contributed by atoms with Gasteiger partial charge < -0.3 is 4.90 Å². The van der Waals surface area contributed by atoms with Crippen LogP contribution in [0.3, 0.4) is 0 Å². The maximum atomic E-state index is 13.1. The lowest BCUT2D eigenvalue weighted by atomic mass is 9.86. The summed E-state index contributed by atoms with van der Waals surface area (Å²) >= 11 is 1.40. The molecule has 1 saturated heterocycles. The van der Waals surface area contributed by atoms with E-state index in [1.807, 2.05) is 10.3 Å². The van der Waals surface area contributed by atoms with Gasteiger partial charge in [-0.1, -0.05) is 30.3 Å². The zero-order valence-electron chi connectivity index (χ0n) is 17.3. The van der Waals surface area contributed by atoms with Crippen molar-refractivity contribution >= 4 is 33.0 Å². The number of allylic oxidation sites excluding steroid dienone is 2. The van der Waals surface area contributed by atoms with Crippen LogP contribution in [0.4, 0.5) is 0 Å². The Bertz CT molecular complexity index is 1420. The molecule has 4 aromatic rings. The third-order valence-corrected chi connectivity index (χ3v) is 7.27. The van der Waals surface area contributed by atoms with Gasteiger partial charge in [0, 0.05) is 19.3 Å². The molecule has 2 aliphatic rings. The van der Waals surface area contributed by atoms with Gasteiger partial charge in [-0.3, -0.25) is 14.6 Å². The first kappa shape index (κ1) is 19.2. The predicted molar refractivity (Wildman–Crippen MR) is 124 cm³/mol. The minimum Gasteiger partial charge on any atom is -0.339 e. The average molecular weight is 444 g/mol. The van der Waals surface area contributed by atoms with Gasteiger partial charge >= 0.3 is 0 Å². The number of hydrogen-bond acceptors (Lipinski definition) is 5. The molecule has 7 nitrogen and oxygen atoms in total. The Morgan fingerprint density at radius 1 is 1.16 bits per heavy atom. The smallest absolute Gasteiger partial charge is 0.261 e. The molecule has 4 heterocycles.